The highest BCUT2D eigenvalue weighted by atomic mass is 19.2. The van der Waals surface area contributed by atoms with Crippen LogP contribution in [0.2, 0.25) is 0 Å². The zero-order valence-electron chi connectivity index (χ0n) is 13.4. The molecule has 4 rings (SSSR count). The Labute approximate surface area is 143 Å². The van der Waals surface area contributed by atoms with Gasteiger partial charge in [-0.25, -0.2) is 8.78 Å². The number of nitrogens with zero attached hydrogens (tertiary/aromatic N) is 2. The van der Waals surface area contributed by atoms with Gasteiger partial charge in [-0.3, -0.25) is 9.59 Å². The van der Waals surface area contributed by atoms with Crippen LogP contribution in [0.3, 0.4) is 0 Å². The zero-order valence-corrected chi connectivity index (χ0v) is 13.4. The van der Waals surface area contributed by atoms with Gasteiger partial charge in [0.25, 0.3) is 5.91 Å². The molecule has 0 aliphatic carbocycles. The molecule has 4 nitrogen and oxygen atoms in total. The second kappa shape index (κ2) is 5.95. The van der Waals surface area contributed by atoms with Crippen LogP contribution in [0.5, 0.6) is 0 Å². The van der Waals surface area contributed by atoms with Crippen LogP contribution in [0, 0.1) is 11.6 Å². The highest BCUT2D eigenvalue weighted by Gasteiger charge is 2.38. The fourth-order valence-corrected chi connectivity index (χ4v) is 3.64. The Morgan fingerprint density at radius 1 is 1.08 bits per heavy atom. The molecule has 0 spiro atoms. The van der Waals surface area contributed by atoms with Gasteiger partial charge in [0, 0.05) is 18.7 Å². The van der Waals surface area contributed by atoms with Gasteiger partial charge in [-0.1, -0.05) is 24.3 Å². The molecule has 128 valence electrons. The molecule has 2 aliphatic rings. The molecule has 25 heavy (non-hydrogen) atoms. The lowest BCUT2D eigenvalue weighted by Gasteiger charge is -2.44. The Morgan fingerprint density at radius 3 is 2.68 bits per heavy atom. The van der Waals surface area contributed by atoms with Crippen LogP contribution in [0.15, 0.2) is 42.5 Å². The molecule has 2 heterocycles. The van der Waals surface area contributed by atoms with Crippen LogP contribution < -0.4 is 0 Å². The number of hydrogen-bond acceptors (Lipinski definition) is 2. The summed E-state index contributed by atoms with van der Waals surface area (Å²) in [5, 5.41) is 0. The van der Waals surface area contributed by atoms with Crippen LogP contribution in [0.1, 0.15) is 27.5 Å². The lowest BCUT2D eigenvalue weighted by atomic mass is 9.90. The van der Waals surface area contributed by atoms with Crippen molar-refractivity contribution < 1.29 is 18.4 Å². The van der Waals surface area contributed by atoms with E-state index in [2.05, 4.69) is 0 Å². The maximum atomic E-state index is 13.4. The Balaban J connectivity index is 1.64. The van der Waals surface area contributed by atoms with Crippen LogP contribution >= 0.6 is 0 Å². The topological polar surface area (TPSA) is 40.6 Å². The molecule has 0 bridgehead atoms. The minimum absolute atomic E-state index is 0.0451. The van der Waals surface area contributed by atoms with E-state index in [-0.39, 0.29) is 24.1 Å². The number of piperazine rings is 1. The molecule has 2 aromatic rings. The van der Waals surface area contributed by atoms with Crippen molar-refractivity contribution in [3.8, 4) is 0 Å². The quantitative estimate of drug-likeness (QED) is 0.799. The largest absolute Gasteiger partial charge is 0.332 e. The summed E-state index contributed by atoms with van der Waals surface area (Å²) < 4.78 is 26.5. The summed E-state index contributed by atoms with van der Waals surface area (Å²) in [7, 11) is 0. The number of carbonyl (C=O) groups is 2. The van der Waals surface area contributed by atoms with Gasteiger partial charge in [-0.15, -0.1) is 0 Å². The van der Waals surface area contributed by atoms with E-state index in [9.17, 15) is 18.4 Å². The summed E-state index contributed by atoms with van der Waals surface area (Å²) in [5.74, 6) is -2.66. The highest BCUT2D eigenvalue weighted by molar-refractivity contribution is 5.97. The van der Waals surface area contributed by atoms with E-state index in [1.807, 2.05) is 24.3 Å². The Morgan fingerprint density at radius 2 is 1.88 bits per heavy atom. The van der Waals surface area contributed by atoms with Crippen molar-refractivity contribution in [3.05, 3.63) is 70.8 Å². The predicted molar refractivity (Wildman–Crippen MR) is 86.9 cm³/mol. The molecule has 0 N–H and O–H groups in total. The molecule has 1 atom stereocenters. The number of fused-ring (bicyclic) bond motifs is 3. The van der Waals surface area contributed by atoms with Crippen molar-refractivity contribution in [3.63, 3.8) is 0 Å². The van der Waals surface area contributed by atoms with Crippen molar-refractivity contribution in [1.29, 1.82) is 0 Å². The summed E-state index contributed by atoms with van der Waals surface area (Å²) in [6, 6.07) is 10.7. The van der Waals surface area contributed by atoms with E-state index in [4.69, 9.17) is 0 Å². The van der Waals surface area contributed by atoms with Gasteiger partial charge in [0.15, 0.2) is 11.6 Å². The maximum Gasteiger partial charge on any atom is 0.254 e. The molecular weight excluding hydrogens is 326 g/mol. The van der Waals surface area contributed by atoms with Crippen LogP contribution in [-0.4, -0.2) is 41.2 Å². The minimum atomic E-state index is -1.07. The molecule has 2 aromatic carbocycles. The third-order valence-electron chi connectivity index (χ3n) is 4.91. The third-order valence-corrected chi connectivity index (χ3v) is 4.91. The molecule has 2 aliphatic heterocycles. The van der Waals surface area contributed by atoms with Crippen molar-refractivity contribution in [2.75, 3.05) is 19.6 Å². The molecule has 0 aromatic heterocycles. The number of rotatable bonds is 1. The van der Waals surface area contributed by atoms with Crippen LogP contribution in [-0.2, 0) is 11.2 Å². The van der Waals surface area contributed by atoms with Crippen molar-refractivity contribution in [2.45, 2.75) is 12.5 Å². The van der Waals surface area contributed by atoms with Gasteiger partial charge in [0.05, 0.1) is 6.04 Å². The van der Waals surface area contributed by atoms with Gasteiger partial charge >= 0.3 is 0 Å². The first-order chi connectivity index (χ1) is 12.0. The molecule has 0 saturated carbocycles. The van der Waals surface area contributed by atoms with E-state index >= 15 is 0 Å². The average Bonchev–Trinajstić information content (AvgIpc) is 2.63. The fourth-order valence-electron chi connectivity index (χ4n) is 3.64. The van der Waals surface area contributed by atoms with Crippen molar-refractivity contribution in [1.82, 2.24) is 9.80 Å². The monoisotopic (exact) mass is 342 g/mol. The number of amides is 2. The van der Waals surface area contributed by atoms with Gasteiger partial charge in [0.2, 0.25) is 5.91 Å². The van der Waals surface area contributed by atoms with Gasteiger partial charge < -0.3 is 9.80 Å². The number of halogens is 2. The lowest BCUT2D eigenvalue weighted by molar-refractivity contribution is -0.139. The first-order valence-corrected chi connectivity index (χ1v) is 8.16. The van der Waals surface area contributed by atoms with Crippen LogP contribution in [0.25, 0.3) is 0 Å². The third kappa shape index (κ3) is 2.67. The molecule has 2 amide bonds. The summed E-state index contributed by atoms with van der Waals surface area (Å²) in [5.41, 5.74) is 2.27. The highest BCUT2D eigenvalue weighted by Crippen LogP contribution is 2.33. The number of benzene rings is 2. The summed E-state index contributed by atoms with van der Waals surface area (Å²) in [6.45, 7) is 0.935. The SMILES string of the molecule is O=C(c1ccc(F)c(F)c1)N1CC(=O)N2CCc3ccccc3C2C1. The average molecular weight is 342 g/mol. The fraction of sp³-hybridized carbons (Fsp3) is 0.263. The maximum absolute atomic E-state index is 13.4. The number of carbonyl (C=O) groups excluding carboxylic acids is 2. The molecule has 1 unspecified atom stereocenters. The summed E-state index contributed by atoms with van der Waals surface area (Å²) in [4.78, 5) is 28.4. The first kappa shape index (κ1) is 15.7. The Hall–Kier alpha value is -2.76. The molecule has 6 heteroatoms. The van der Waals surface area contributed by atoms with E-state index in [0.717, 1.165) is 24.1 Å². The van der Waals surface area contributed by atoms with E-state index in [1.54, 1.807) is 4.90 Å². The van der Waals surface area contributed by atoms with Crippen molar-refractivity contribution >= 4 is 11.8 Å². The standard InChI is InChI=1S/C19H16F2N2O2/c20-15-6-5-13(9-16(15)21)19(25)22-10-17-14-4-2-1-3-12(14)7-8-23(17)18(24)11-22/h1-6,9,17H,7-8,10-11H2. The van der Waals surface area contributed by atoms with Crippen LogP contribution in [0.4, 0.5) is 8.78 Å². The van der Waals surface area contributed by atoms with E-state index < -0.39 is 17.5 Å². The van der Waals surface area contributed by atoms with E-state index in [0.29, 0.717) is 13.1 Å². The second-order valence-electron chi connectivity index (χ2n) is 6.37. The molecule has 0 radical (unpaired) electrons. The first-order valence-electron chi connectivity index (χ1n) is 8.16. The molecular formula is C19H16F2N2O2. The normalized spacial score (nSPS) is 19.4. The van der Waals surface area contributed by atoms with Gasteiger partial charge in [-0.2, -0.15) is 0 Å². The second-order valence-corrected chi connectivity index (χ2v) is 6.37. The Kier molecular flexibility index (Phi) is 3.75. The minimum Gasteiger partial charge on any atom is -0.332 e. The molecule has 1 fully saturated rings. The van der Waals surface area contributed by atoms with E-state index in [1.165, 1.54) is 16.5 Å². The molecule has 1 saturated heterocycles. The summed E-state index contributed by atoms with van der Waals surface area (Å²) in [6.07, 6.45) is 0.801. The predicted octanol–water partition coefficient (Wildman–Crippen LogP) is 2.55. The Bertz CT molecular complexity index is 868. The summed E-state index contributed by atoms with van der Waals surface area (Å²) >= 11 is 0. The lowest BCUT2D eigenvalue weighted by Crippen LogP contribution is -2.55. The van der Waals surface area contributed by atoms with Gasteiger partial charge in [-0.05, 0) is 35.7 Å². The van der Waals surface area contributed by atoms with Gasteiger partial charge in [0.1, 0.15) is 6.54 Å². The number of hydrogen-bond donors (Lipinski definition) is 0. The van der Waals surface area contributed by atoms with Crippen molar-refractivity contribution in [2.24, 2.45) is 0 Å². The zero-order chi connectivity index (χ0) is 17.6. The smallest absolute Gasteiger partial charge is 0.254 e.